The van der Waals surface area contributed by atoms with Crippen molar-refractivity contribution in [2.24, 2.45) is 4.99 Å². The minimum atomic E-state index is -0.710. The molecule has 0 atom stereocenters. The summed E-state index contributed by atoms with van der Waals surface area (Å²) in [7, 11) is 1.54. The van der Waals surface area contributed by atoms with E-state index in [4.69, 9.17) is 15.2 Å². The van der Waals surface area contributed by atoms with Crippen LogP contribution >= 0.6 is 11.3 Å². The first-order chi connectivity index (χ1) is 14.0. The quantitative estimate of drug-likeness (QED) is 0.465. The number of nitrogen functional groups attached to an aromatic ring is 1. The van der Waals surface area contributed by atoms with Gasteiger partial charge in [-0.1, -0.05) is 0 Å². The number of hydrogen-bond donors (Lipinski definition) is 3. The fourth-order valence-electron chi connectivity index (χ4n) is 3.17. The van der Waals surface area contributed by atoms with Crippen LogP contribution in [0, 0.1) is 6.92 Å². The van der Waals surface area contributed by atoms with Crippen molar-refractivity contribution in [1.82, 2.24) is 10.3 Å². The number of aliphatic hydroxyl groups excluding tert-OH is 1. The van der Waals surface area contributed by atoms with E-state index in [0.29, 0.717) is 49.7 Å². The Kier molecular flexibility index (Phi) is 6.83. The fraction of sp³-hybridized carbons (Fsp3) is 0.450. The number of aliphatic hydroxyl groups is 1. The van der Waals surface area contributed by atoms with Gasteiger partial charge in [-0.25, -0.2) is 4.98 Å². The number of carbonyl (C=O) groups excluding carboxylic acids is 1. The maximum atomic E-state index is 13.0. The molecule has 0 aliphatic carbocycles. The molecule has 0 saturated carbocycles. The molecule has 1 aliphatic heterocycles. The van der Waals surface area contributed by atoms with Crippen LogP contribution in [-0.2, 0) is 16.1 Å². The second-order valence-corrected chi connectivity index (χ2v) is 7.92. The molecule has 156 valence electrons. The highest BCUT2D eigenvalue weighted by Crippen LogP contribution is 2.24. The first kappa shape index (κ1) is 21.2. The highest BCUT2D eigenvalue weighted by Gasteiger charge is 2.35. The SMILES string of the molecule is CN=C(C(=O)NC1(CO)CCOCC1)c1cc(OCc2scnc2C)ccc1N. The lowest BCUT2D eigenvalue weighted by Crippen LogP contribution is -2.56. The van der Waals surface area contributed by atoms with E-state index in [1.54, 1.807) is 23.7 Å². The molecule has 0 bridgehead atoms. The summed E-state index contributed by atoms with van der Waals surface area (Å²) in [6.45, 7) is 3.14. The molecule has 0 spiro atoms. The summed E-state index contributed by atoms with van der Waals surface area (Å²) in [5, 5.41) is 12.8. The van der Waals surface area contributed by atoms with Crippen LogP contribution in [0.2, 0.25) is 0 Å². The zero-order valence-corrected chi connectivity index (χ0v) is 17.4. The van der Waals surface area contributed by atoms with E-state index in [2.05, 4.69) is 15.3 Å². The summed E-state index contributed by atoms with van der Waals surface area (Å²) in [5.74, 6) is 0.199. The Morgan fingerprint density at radius 3 is 2.83 bits per heavy atom. The molecule has 1 aromatic carbocycles. The third kappa shape index (κ3) is 4.92. The van der Waals surface area contributed by atoms with E-state index in [1.807, 2.05) is 6.92 Å². The summed E-state index contributed by atoms with van der Waals surface area (Å²) in [6.07, 6.45) is 1.08. The van der Waals surface area contributed by atoms with E-state index in [1.165, 1.54) is 18.4 Å². The Balaban J connectivity index is 1.77. The molecule has 1 aliphatic rings. The van der Waals surface area contributed by atoms with Crippen molar-refractivity contribution in [3.63, 3.8) is 0 Å². The number of thiazole rings is 1. The molecular formula is C20H26N4O4S. The van der Waals surface area contributed by atoms with Gasteiger partial charge in [0.2, 0.25) is 0 Å². The summed E-state index contributed by atoms with van der Waals surface area (Å²) in [6, 6.07) is 5.16. The predicted molar refractivity (Wildman–Crippen MR) is 113 cm³/mol. The maximum Gasteiger partial charge on any atom is 0.270 e. The summed E-state index contributed by atoms with van der Waals surface area (Å²) in [4.78, 5) is 22.4. The molecule has 0 unspecified atom stereocenters. The van der Waals surface area contributed by atoms with E-state index >= 15 is 0 Å². The number of ether oxygens (including phenoxy) is 2. The number of hydrogen-bond acceptors (Lipinski definition) is 8. The first-order valence-electron chi connectivity index (χ1n) is 9.37. The highest BCUT2D eigenvalue weighted by molar-refractivity contribution is 7.09. The predicted octanol–water partition coefficient (Wildman–Crippen LogP) is 1.69. The van der Waals surface area contributed by atoms with Crippen molar-refractivity contribution < 1.29 is 19.4 Å². The average molecular weight is 419 g/mol. The number of aliphatic imine (C=N–C) groups is 1. The maximum absolute atomic E-state index is 13.0. The Morgan fingerprint density at radius 1 is 1.45 bits per heavy atom. The van der Waals surface area contributed by atoms with Crippen LogP contribution in [0.5, 0.6) is 5.75 Å². The Labute approximate surface area is 173 Å². The van der Waals surface area contributed by atoms with Crippen LogP contribution in [0.15, 0.2) is 28.7 Å². The zero-order chi connectivity index (χ0) is 20.9. The molecule has 29 heavy (non-hydrogen) atoms. The fourth-order valence-corrected chi connectivity index (χ4v) is 3.86. The Bertz CT molecular complexity index is 890. The molecule has 3 rings (SSSR count). The largest absolute Gasteiger partial charge is 0.488 e. The smallest absolute Gasteiger partial charge is 0.270 e. The number of nitrogens with zero attached hydrogens (tertiary/aromatic N) is 2. The Hall–Kier alpha value is -2.49. The molecule has 1 amide bonds. The second kappa shape index (κ2) is 9.34. The van der Waals surface area contributed by atoms with Crippen molar-refractivity contribution in [3.05, 3.63) is 39.8 Å². The number of benzene rings is 1. The lowest BCUT2D eigenvalue weighted by molar-refractivity contribution is -0.118. The lowest BCUT2D eigenvalue weighted by Gasteiger charge is -2.36. The highest BCUT2D eigenvalue weighted by atomic mass is 32.1. The third-order valence-corrected chi connectivity index (χ3v) is 5.97. The van der Waals surface area contributed by atoms with Crippen molar-refractivity contribution in [1.29, 1.82) is 0 Å². The number of anilines is 1. The van der Waals surface area contributed by atoms with E-state index < -0.39 is 5.54 Å². The van der Waals surface area contributed by atoms with Gasteiger partial charge in [-0.15, -0.1) is 11.3 Å². The van der Waals surface area contributed by atoms with Crippen molar-refractivity contribution in [2.75, 3.05) is 32.6 Å². The second-order valence-electron chi connectivity index (χ2n) is 6.98. The van der Waals surface area contributed by atoms with Crippen molar-refractivity contribution in [2.45, 2.75) is 31.9 Å². The van der Waals surface area contributed by atoms with Gasteiger partial charge in [0.25, 0.3) is 5.91 Å². The van der Waals surface area contributed by atoms with Gasteiger partial charge in [0.1, 0.15) is 18.1 Å². The van der Waals surface area contributed by atoms with E-state index in [-0.39, 0.29) is 18.2 Å². The minimum absolute atomic E-state index is 0.161. The minimum Gasteiger partial charge on any atom is -0.488 e. The average Bonchev–Trinajstić information content (AvgIpc) is 3.14. The summed E-state index contributed by atoms with van der Waals surface area (Å²) in [5.41, 5.74) is 9.24. The van der Waals surface area contributed by atoms with Gasteiger partial charge < -0.3 is 25.6 Å². The number of nitrogens with one attached hydrogen (secondary N) is 1. The molecule has 9 heteroatoms. The third-order valence-electron chi connectivity index (χ3n) is 5.06. The molecule has 4 N–H and O–H groups in total. The number of carbonyl (C=O) groups is 1. The van der Waals surface area contributed by atoms with Gasteiger partial charge in [-0.3, -0.25) is 9.79 Å². The van der Waals surface area contributed by atoms with Gasteiger partial charge in [0.15, 0.2) is 0 Å². The standard InChI is InChI=1S/C20H26N4O4S/c1-13-17(29-12-23-13)10-28-14-3-4-16(21)15(9-14)18(22-2)19(26)24-20(11-25)5-7-27-8-6-20/h3-4,9,12,25H,5-8,10-11,21H2,1-2H3,(H,24,26). The van der Waals surface area contributed by atoms with E-state index in [9.17, 15) is 9.90 Å². The Morgan fingerprint density at radius 2 is 2.21 bits per heavy atom. The van der Waals surface area contributed by atoms with Crippen LogP contribution in [-0.4, -0.2) is 54.1 Å². The number of aromatic nitrogens is 1. The van der Waals surface area contributed by atoms with Crippen LogP contribution in [0.1, 0.15) is 29.0 Å². The lowest BCUT2D eigenvalue weighted by atomic mass is 9.90. The van der Waals surface area contributed by atoms with Crippen LogP contribution in [0.4, 0.5) is 5.69 Å². The van der Waals surface area contributed by atoms with E-state index in [0.717, 1.165) is 10.6 Å². The molecule has 2 heterocycles. The summed E-state index contributed by atoms with van der Waals surface area (Å²) < 4.78 is 11.2. The molecular weight excluding hydrogens is 392 g/mol. The van der Waals surface area contributed by atoms with Gasteiger partial charge in [-0.05, 0) is 38.0 Å². The molecule has 0 radical (unpaired) electrons. The molecule has 1 aromatic heterocycles. The normalized spacial score (nSPS) is 16.4. The molecule has 1 saturated heterocycles. The van der Waals surface area contributed by atoms with Crippen LogP contribution < -0.4 is 15.8 Å². The van der Waals surface area contributed by atoms with Crippen LogP contribution in [0.25, 0.3) is 0 Å². The van der Waals surface area contributed by atoms with Crippen molar-refractivity contribution in [3.8, 4) is 5.75 Å². The number of amides is 1. The summed E-state index contributed by atoms with van der Waals surface area (Å²) >= 11 is 1.53. The van der Waals surface area contributed by atoms with Gasteiger partial charge in [-0.2, -0.15) is 0 Å². The monoisotopic (exact) mass is 418 g/mol. The molecule has 2 aromatic rings. The van der Waals surface area contributed by atoms with Gasteiger partial charge in [0, 0.05) is 31.5 Å². The van der Waals surface area contributed by atoms with Crippen LogP contribution in [0.3, 0.4) is 0 Å². The zero-order valence-electron chi connectivity index (χ0n) is 16.6. The van der Waals surface area contributed by atoms with Gasteiger partial charge >= 0.3 is 0 Å². The number of rotatable bonds is 7. The van der Waals surface area contributed by atoms with Crippen molar-refractivity contribution >= 4 is 28.6 Å². The molecule has 8 nitrogen and oxygen atoms in total. The van der Waals surface area contributed by atoms with Gasteiger partial charge in [0.05, 0.1) is 28.2 Å². The first-order valence-corrected chi connectivity index (χ1v) is 10.3. The number of nitrogens with two attached hydrogens (primary N) is 1. The topological polar surface area (TPSA) is 119 Å². The molecule has 1 fully saturated rings. The number of aryl methyl sites for hydroxylation is 1.